The van der Waals surface area contributed by atoms with E-state index < -0.39 is 0 Å². The van der Waals surface area contributed by atoms with Crippen molar-refractivity contribution in [1.29, 1.82) is 0 Å². The third-order valence-corrected chi connectivity index (χ3v) is 4.95. The van der Waals surface area contributed by atoms with Gasteiger partial charge in [0.2, 0.25) is 5.91 Å². The molecule has 1 aliphatic rings. The molecule has 0 bridgehead atoms. The molecule has 2 aromatic rings. The van der Waals surface area contributed by atoms with E-state index in [0.717, 1.165) is 0 Å². The van der Waals surface area contributed by atoms with Crippen molar-refractivity contribution in [2.75, 3.05) is 5.32 Å². The van der Waals surface area contributed by atoms with Crippen molar-refractivity contribution < 1.29 is 18.8 Å². The first-order chi connectivity index (χ1) is 12.9. The lowest BCUT2D eigenvalue weighted by molar-refractivity contribution is -0.137. The molecule has 27 heavy (non-hydrogen) atoms. The molecular weight excluding hydrogens is 364 g/mol. The third kappa shape index (κ3) is 4.14. The van der Waals surface area contributed by atoms with Crippen LogP contribution in [-0.4, -0.2) is 27.9 Å². The van der Waals surface area contributed by atoms with Crippen LogP contribution in [0, 0.1) is 0 Å². The van der Waals surface area contributed by atoms with Gasteiger partial charge in [0.25, 0.3) is 11.8 Å². The van der Waals surface area contributed by atoms with E-state index in [4.69, 9.17) is 4.42 Å². The quantitative estimate of drug-likeness (QED) is 0.769. The standard InChI is InChI=1S/C20H20N2O4S/c1-12(2)27-18-17(14-6-8-15(9-7-14)21-13(3)23)19(24)22(20(18)25)11-16-5-4-10-26-16/h4-10,12H,11H2,1-3H3,(H,21,23). The van der Waals surface area contributed by atoms with Gasteiger partial charge in [0.05, 0.1) is 23.3 Å². The Balaban J connectivity index is 1.95. The van der Waals surface area contributed by atoms with E-state index in [0.29, 0.717) is 27.5 Å². The minimum absolute atomic E-state index is 0.0975. The minimum Gasteiger partial charge on any atom is -0.467 e. The number of hydrogen-bond donors (Lipinski definition) is 1. The monoisotopic (exact) mass is 384 g/mol. The molecule has 1 aromatic carbocycles. The van der Waals surface area contributed by atoms with Gasteiger partial charge in [-0.05, 0) is 29.8 Å². The van der Waals surface area contributed by atoms with E-state index >= 15 is 0 Å². The maximum Gasteiger partial charge on any atom is 0.268 e. The smallest absolute Gasteiger partial charge is 0.268 e. The zero-order valence-electron chi connectivity index (χ0n) is 15.3. The van der Waals surface area contributed by atoms with Crippen molar-refractivity contribution in [3.63, 3.8) is 0 Å². The predicted molar refractivity (Wildman–Crippen MR) is 105 cm³/mol. The third-order valence-electron chi connectivity index (χ3n) is 3.87. The lowest BCUT2D eigenvalue weighted by atomic mass is 10.1. The largest absolute Gasteiger partial charge is 0.467 e. The summed E-state index contributed by atoms with van der Waals surface area (Å²) in [6.45, 7) is 5.48. The molecule has 0 fully saturated rings. The first kappa shape index (κ1) is 19.0. The van der Waals surface area contributed by atoms with Crippen LogP contribution in [0.1, 0.15) is 32.1 Å². The predicted octanol–water partition coefficient (Wildman–Crippen LogP) is 3.66. The Morgan fingerprint density at radius 2 is 1.85 bits per heavy atom. The highest BCUT2D eigenvalue weighted by Gasteiger charge is 2.39. The zero-order valence-corrected chi connectivity index (χ0v) is 16.1. The summed E-state index contributed by atoms with van der Waals surface area (Å²) in [5.74, 6) is -0.273. The number of nitrogens with zero attached hydrogens (tertiary/aromatic N) is 1. The minimum atomic E-state index is -0.341. The van der Waals surface area contributed by atoms with Gasteiger partial charge in [-0.1, -0.05) is 26.0 Å². The highest BCUT2D eigenvalue weighted by molar-refractivity contribution is 8.04. The van der Waals surface area contributed by atoms with Gasteiger partial charge in [-0.25, -0.2) is 0 Å². The summed E-state index contributed by atoms with van der Waals surface area (Å²) in [4.78, 5) is 38.7. The summed E-state index contributed by atoms with van der Waals surface area (Å²) >= 11 is 1.38. The number of anilines is 1. The normalized spacial score (nSPS) is 14.4. The van der Waals surface area contributed by atoms with Gasteiger partial charge in [0, 0.05) is 17.9 Å². The van der Waals surface area contributed by atoms with Gasteiger partial charge in [-0.15, -0.1) is 11.8 Å². The second kappa shape index (κ2) is 7.84. The molecular formula is C20H20N2O4S. The second-order valence-corrected chi connectivity index (χ2v) is 7.99. The summed E-state index contributed by atoms with van der Waals surface area (Å²) in [7, 11) is 0. The van der Waals surface area contributed by atoms with Crippen molar-refractivity contribution in [2.24, 2.45) is 0 Å². The zero-order chi connectivity index (χ0) is 19.6. The summed E-state index contributed by atoms with van der Waals surface area (Å²) < 4.78 is 5.29. The average molecular weight is 384 g/mol. The summed E-state index contributed by atoms with van der Waals surface area (Å²) in [6, 6.07) is 10.4. The molecule has 0 saturated carbocycles. The van der Waals surface area contributed by atoms with Crippen LogP contribution in [-0.2, 0) is 20.9 Å². The Labute approximate surface area is 161 Å². The summed E-state index contributed by atoms with van der Waals surface area (Å²) in [5.41, 5.74) is 1.67. The fourth-order valence-electron chi connectivity index (χ4n) is 2.78. The topological polar surface area (TPSA) is 79.6 Å². The van der Waals surface area contributed by atoms with E-state index in [1.807, 2.05) is 13.8 Å². The van der Waals surface area contributed by atoms with Crippen LogP contribution >= 0.6 is 11.8 Å². The number of furan rings is 1. The van der Waals surface area contributed by atoms with Crippen molar-refractivity contribution >= 4 is 40.7 Å². The van der Waals surface area contributed by atoms with Gasteiger partial charge in [0.1, 0.15) is 5.76 Å². The molecule has 0 spiro atoms. The molecule has 0 atom stereocenters. The Kier molecular flexibility index (Phi) is 5.51. The molecule has 6 nitrogen and oxygen atoms in total. The molecule has 3 rings (SSSR count). The van der Waals surface area contributed by atoms with E-state index in [9.17, 15) is 14.4 Å². The molecule has 0 aliphatic carbocycles. The number of rotatable bonds is 6. The average Bonchev–Trinajstić information content (AvgIpc) is 3.18. The first-order valence-electron chi connectivity index (χ1n) is 8.54. The molecule has 0 saturated heterocycles. The van der Waals surface area contributed by atoms with Gasteiger partial charge >= 0.3 is 0 Å². The molecule has 1 aromatic heterocycles. The molecule has 3 amide bonds. The maximum atomic E-state index is 13.0. The van der Waals surface area contributed by atoms with Crippen LogP contribution in [0.4, 0.5) is 5.69 Å². The van der Waals surface area contributed by atoms with Crippen LogP contribution in [0.3, 0.4) is 0 Å². The van der Waals surface area contributed by atoms with Crippen LogP contribution in [0.15, 0.2) is 52.0 Å². The van der Waals surface area contributed by atoms with Crippen molar-refractivity contribution in [2.45, 2.75) is 32.6 Å². The number of imide groups is 1. The van der Waals surface area contributed by atoms with Gasteiger partial charge in [-0.3, -0.25) is 19.3 Å². The molecule has 2 heterocycles. The Morgan fingerprint density at radius 3 is 2.41 bits per heavy atom. The summed E-state index contributed by atoms with van der Waals surface area (Å²) in [5, 5.41) is 2.84. The molecule has 7 heteroatoms. The fourth-order valence-corrected chi connectivity index (χ4v) is 3.78. The summed E-state index contributed by atoms with van der Waals surface area (Å²) in [6.07, 6.45) is 1.51. The van der Waals surface area contributed by atoms with E-state index in [1.54, 1.807) is 36.4 Å². The van der Waals surface area contributed by atoms with Gasteiger partial charge in [0.15, 0.2) is 0 Å². The number of carbonyl (C=O) groups excluding carboxylic acids is 3. The number of amides is 3. The van der Waals surface area contributed by atoms with Crippen LogP contribution in [0.2, 0.25) is 0 Å². The number of hydrogen-bond acceptors (Lipinski definition) is 5. The van der Waals surface area contributed by atoms with E-state index in [1.165, 1.54) is 29.8 Å². The molecule has 1 N–H and O–H groups in total. The van der Waals surface area contributed by atoms with Crippen molar-refractivity contribution in [3.05, 3.63) is 58.9 Å². The van der Waals surface area contributed by atoms with Crippen LogP contribution in [0.5, 0.6) is 0 Å². The maximum absolute atomic E-state index is 13.0. The Hall–Kier alpha value is -2.80. The number of nitrogens with one attached hydrogen (secondary N) is 1. The Morgan fingerprint density at radius 1 is 1.15 bits per heavy atom. The van der Waals surface area contributed by atoms with Gasteiger partial charge < -0.3 is 9.73 Å². The molecule has 0 unspecified atom stereocenters. The Bertz CT molecular complexity index is 899. The lowest BCUT2D eigenvalue weighted by Crippen LogP contribution is -2.30. The number of thioether (sulfide) groups is 1. The van der Waals surface area contributed by atoms with Crippen LogP contribution < -0.4 is 5.32 Å². The SMILES string of the molecule is CC(=O)Nc1ccc(C2=C(SC(C)C)C(=O)N(Cc3ccco3)C2=O)cc1. The second-order valence-electron chi connectivity index (χ2n) is 6.41. The fraction of sp³-hybridized carbons (Fsp3) is 0.250. The number of carbonyl (C=O) groups is 3. The molecule has 1 aliphatic heterocycles. The molecule has 140 valence electrons. The first-order valence-corrected chi connectivity index (χ1v) is 9.42. The highest BCUT2D eigenvalue weighted by atomic mass is 32.2. The lowest BCUT2D eigenvalue weighted by Gasteiger charge is -2.13. The highest BCUT2D eigenvalue weighted by Crippen LogP contribution is 2.38. The van der Waals surface area contributed by atoms with Gasteiger partial charge in [-0.2, -0.15) is 0 Å². The number of benzene rings is 1. The van der Waals surface area contributed by atoms with Crippen molar-refractivity contribution in [1.82, 2.24) is 4.90 Å². The van der Waals surface area contributed by atoms with E-state index in [-0.39, 0.29) is 29.5 Å². The van der Waals surface area contributed by atoms with Crippen LogP contribution in [0.25, 0.3) is 5.57 Å². The van der Waals surface area contributed by atoms with Crippen molar-refractivity contribution in [3.8, 4) is 0 Å². The molecule has 0 radical (unpaired) electrons. The van der Waals surface area contributed by atoms with E-state index in [2.05, 4.69) is 5.32 Å².